The summed E-state index contributed by atoms with van der Waals surface area (Å²) in [6.45, 7) is 1.06. The van der Waals surface area contributed by atoms with Crippen LogP contribution in [0.1, 0.15) is 30.0 Å². The van der Waals surface area contributed by atoms with Gasteiger partial charge in [0.1, 0.15) is 5.82 Å². The van der Waals surface area contributed by atoms with Crippen molar-refractivity contribution in [3.63, 3.8) is 0 Å². The van der Waals surface area contributed by atoms with Crippen LogP contribution in [0.2, 0.25) is 0 Å². The van der Waals surface area contributed by atoms with Crippen molar-refractivity contribution in [3.8, 4) is 0 Å². The Labute approximate surface area is 141 Å². The van der Waals surface area contributed by atoms with Crippen LogP contribution in [0.4, 0.5) is 0 Å². The zero-order valence-electron chi connectivity index (χ0n) is 13.1. The number of allylic oxidation sites excluding steroid dienone is 1. The minimum atomic E-state index is 0.199. The lowest BCUT2D eigenvalue weighted by Gasteiger charge is -2.30. The Morgan fingerprint density at radius 3 is 2.61 bits per heavy atom. The molecule has 1 aromatic heterocycles. The fourth-order valence-corrected chi connectivity index (χ4v) is 3.70. The highest BCUT2D eigenvalue weighted by Crippen LogP contribution is 2.38. The Morgan fingerprint density at radius 1 is 1.09 bits per heavy atom. The molecule has 4 heteroatoms. The maximum Gasteiger partial charge on any atom is 0.125 e. The molecule has 116 valence electrons. The van der Waals surface area contributed by atoms with Crippen molar-refractivity contribution in [3.05, 3.63) is 71.8 Å². The minimum absolute atomic E-state index is 0.199. The van der Waals surface area contributed by atoms with E-state index in [1.807, 2.05) is 12.4 Å². The summed E-state index contributed by atoms with van der Waals surface area (Å²) in [5.74, 6) is 1.13. The molecule has 0 radical (unpaired) electrons. The molecule has 3 nitrogen and oxygen atoms in total. The van der Waals surface area contributed by atoms with Gasteiger partial charge in [-0.3, -0.25) is 4.98 Å². The topological polar surface area (TPSA) is 28.5 Å². The second kappa shape index (κ2) is 6.20. The molecular formula is C19H19N3S. The van der Waals surface area contributed by atoms with Gasteiger partial charge in [-0.2, -0.15) is 0 Å². The van der Waals surface area contributed by atoms with Crippen LogP contribution in [-0.2, 0) is 0 Å². The van der Waals surface area contributed by atoms with Gasteiger partial charge in [0.15, 0.2) is 0 Å². The summed E-state index contributed by atoms with van der Waals surface area (Å²) in [4.78, 5) is 12.8. The lowest BCUT2D eigenvalue weighted by Crippen LogP contribution is -2.30. The van der Waals surface area contributed by atoms with Crippen LogP contribution in [0, 0.1) is 0 Å². The van der Waals surface area contributed by atoms with Crippen molar-refractivity contribution in [2.45, 2.75) is 23.8 Å². The number of nitrogens with zero attached hydrogens (tertiary/aromatic N) is 3. The number of hydrogen-bond donors (Lipinski definition) is 0. The third-order valence-electron chi connectivity index (χ3n) is 4.44. The van der Waals surface area contributed by atoms with E-state index in [1.54, 1.807) is 11.8 Å². The predicted molar refractivity (Wildman–Crippen MR) is 95.8 cm³/mol. The molecule has 0 spiro atoms. The molecule has 2 aliphatic rings. The normalized spacial score (nSPS) is 20.0. The van der Waals surface area contributed by atoms with Crippen LogP contribution >= 0.6 is 11.8 Å². The number of hydrogen-bond acceptors (Lipinski definition) is 4. The maximum atomic E-state index is 4.97. The van der Waals surface area contributed by atoms with E-state index in [9.17, 15) is 0 Å². The second-order valence-corrected chi connectivity index (χ2v) is 6.69. The van der Waals surface area contributed by atoms with Gasteiger partial charge in [-0.25, -0.2) is 4.99 Å². The van der Waals surface area contributed by atoms with E-state index in [0.717, 1.165) is 24.5 Å². The average molecular weight is 321 g/mol. The van der Waals surface area contributed by atoms with Crippen molar-refractivity contribution in [2.24, 2.45) is 4.99 Å². The molecule has 0 bridgehead atoms. The predicted octanol–water partition coefficient (Wildman–Crippen LogP) is 4.28. The highest BCUT2D eigenvalue weighted by molar-refractivity contribution is 7.98. The highest BCUT2D eigenvalue weighted by Gasteiger charge is 2.34. The van der Waals surface area contributed by atoms with E-state index in [4.69, 9.17) is 4.99 Å². The average Bonchev–Trinajstić information content (AvgIpc) is 3.02. The smallest absolute Gasteiger partial charge is 0.125 e. The van der Waals surface area contributed by atoms with Gasteiger partial charge >= 0.3 is 0 Å². The third kappa shape index (κ3) is 2.68. The number of aromatic nitrogens is 1. The molecule has 0 amide bonds. The fraction of sp³-hybridized carbons (Fsp3) is 0.263. The highest BCUT2D eigenvalue weighted by atomic mass is 32.2. The molecule has 0 saturated heterocycles. The van der Waals surface area contributed by atoms with Crippen LogP contribution in [0.5, 0.6) is 0 Å². The standard InChI is InChI=1S/C19H19N3S/c1-23-16-7-5-14(6-8-16)18-19(15-9-11-20-12-10-15)22-13-3-2-4-17(22)21-18/h4-12,19H,2-3,13H2,1H3. The fourth-order valence-electron chi connectivity index (χ4n) is 3.30. The molecule has 23 heavy (non-hydrogen) atoms. The Kier molecular flexibility index (Phi) is 3.92. The van der Waals surface area contributed by atoms with E-state index in [1.165, 1.54) is 22.4 Å². The number of aliphatic imine (C=N–C) groups is 1. The van der Waals surface area contributed by atoms with Gasteiger partial charge in [0, 0.05) is 23.8 Å². The zero-order chi connectivity index (χ0) is 15.6. The van der Waals surface area contributed by atoms with Crippen LogP contribution < -0.4 is 0 Å². The van der Waals surface area contributed by atoms with Gasteiger partial charge in [-0.1, -0.05) is 12.1 Å². The molecule has 2 aliphatic heterocycles. The molecule has 1 atom stereocenters. The Morgan fingerprint density at radius 2 is 1.87 bits per heavy atom. The van der Waals surface area contributed by atoms with Crippen molar-refractivity contribution in [1.29, 1.82) is 0 Å². The molecule has 1 aromatic carbocycles. The summed E-state index contributed by atoms with van der Waals surface area (Å²) >= 11 is 1.77. The van der Waals surface area contributed by atoms with Crippen LogP contribution in [-0.4, -0.2) is 28.4 Å². The summed E-state index contributed by atoms with van der Waals surface area (Å²) in [5, 5.41) is 0. The van der Waals surface area contributed by atoms with Crippen molar-refractivity contribution in [2.75, 3.05) is 12.8 Å². The lowest BCUT2D eigenvalue weighted by atomic mass is 9.96. The molecule has 0 saturated carbocycles. The number of fused-ring (bicyclic) bond motifs is 1. The number of pyridine rings is 1. The SMILES string of the molecule is CSc1ccc(C2=NC3=CCCCN3C2c2ccncc2)cc1. The number of thioether (sulfide) groups is 1. The molecule has 1 unspecified atom stereocenters. The number of benzene rings is 1. The minimum Gasteiger partial charge on any atom is -0.344 e. The summed E-state index contributed by atoms with van der Waals surface area (Å²) in [5.41, 5.74) is 3.62. The van der Waals surface area contributed by atoms with Gasteiger partial charge in [0.25, 0.3) is 0 Å². The van der Waals surface area contributed by atoms with E-state index < -0.39 is 0 Å². The Balaban J connectivity index is 1.78. The first kappa shape index (κ1) is 14.5. The maximum absolute atomic E-state index is 4.97. The monoisotopic (exact) mass is 321 g/mol. The van der Waals surface area contributed by atoms with Gasteiger partial charge < -0.3 is 4.90 Å². The summed E-state index contributed by atoms with van der Waals surface area (Å²) in [6.07, 6.45) is 10.4. The van der Waals surface area contributed by atoms with E-state index in [2.05, 4.69) is 58.6 Å². The second-order valence-electron chi connectivity index (χ2n) is 5.81. The third-order valence-corrected chi connectivity index (χ3v) is 5.18. The Hall–Kier alpha value is -2.07. The quantitative estimate of drug-likeness (QED) is 0.790. The van der Waals surface area contributed by atoms with Gasteiger partial charge in [-0.05, 0) is 60.6 Å². The van der Waals surface area contributed by atoms with Crippen molar-refractivity contribution in [1.82, 2.24) is 9.88 Å². The van der Waals surface area contributed by atoms with E-state index in [0.29, 0.717) is 0 Å². The summed E-state index contributed by atoms with van der Waals surface area (Å²) in [7, 11) is 0. The zero-order valence-corrected chi connectivity index (χ0v) is 14.0. The Bertz CT molecular complexity index is 750. The molecule has 0 fully saturated rings. The summed E-state index contributed by atoms with van der Waals surface area (Å²) in [6, 6.07) is 13.2. The van der Waals surface area contributed by atoms with E-state index >= 15 is 0 Å². The molecular weight excluding hydrogens is 302 g/mol. The van der Waals surface area contributed by atoms with Crippen molar-refractivity contribution >= 4 is 17.5 Å². The van der Waals surface area contributed by atoms with Gasteiger partial charge in [0.05, 0.1) is 11.8 Å². The first-order chi connectivity index (χ1) is 11.4. The summed E-state index contributed by atoms with van der Waals surface area (Å²) < 4.78 is 0. The first-order valence-electron chi connectivity index (χ1n) is 7.96. The molecule has 2 aromatic rings. The van der Waals surface area contributed by atoms with E-state index in [-0.39, 0.29) is 6.04 Å². The van der Waals surface area contributed by atoms with Gasteiger partial charge in [-0.15, -0.1) is 11.8 Å². The molecule has 0 N–H and O–H groups in total. The van der Waals surface area contributed by atoms with Crippen LogP contribution in [0.25, 0.3) is 0 Å². The lowest BCUT2D eigenvalue weighted by molar-refractivity contribution is 0.308. The van der Waals surface area contributed by atoms with Gasteiger partial charge in [0.2, 0.25) is 0 Å². The molecule has 4 rings (SSSR count). The van der Waals surface area contributed by atoms with Crippen LogP contribution in [0.15, 0.2) is 70.6 Å². The first-order valence-corrected chi connectivity index (χ1v) is 9.19. The van der Waals surface area contributed by atoms with Crippen LogP contribution in [0.3, 0.4) is 0 Å². The largest absolute Gasteiger partial charge is 0.344 e. The molecule has 3 heterocycles. The number of rotatable bonds is 3. The van der Waals surface area contributed by atoms with Crippen molar-refractivity contribution < 1.29 is 0 Å². The molecule has 0 aliphatic carbocycles.